The molecule has 2 rings (SSSR count). The van der Waals surface area contributed by atoms with Crippen LogP contribution >= 0.6 is 22.9 Å². The summed E-state index contributed by atoms with van der Waals surface area (Å²) in [6.07, 6.45) is -2.83. The van der Waals surface area contributed by atoms with Crippen molar-refractivity contribution in [1.82, 2.24) is 4.98 Å². The number of nitrogens with zero attached hydrogens (tertiary/aromatic N) is 1. The smallest absolute Gasteiger partial charge is 0.372 e. The molecule has 136 valence electrons. The average Bonchev–Trinajstić information content (AvgIpc) is 2.89. The van der Waals surface area contributed by atoms with Crippen LogP contribution in [0, 0.1) is 12.8 Å². The van der Waals surface area contributed by atoms with Crippen molar-refractivity contribution in [3.05, 3.63) is 39.9 Å². The first-order valence-electron chi connectivity index (χ1n) is 7.44. The van der Waals surface area contributed by atoms with E-state index in [0.717, 1.165) is 17.0 Å². The number of aromatic nitrogens is 1. The van der Waals surface area contributed by atoms with Crippen molar-refractivity contribution in [2.45, 2.75) is 33.0 Å². The van der Waals surface area contributed by atoms with Gasteiger partial charge in [0.15, 0.2) is 5.13 Å². The standard InChI is InChI=1S/C16H17ClF3N3OS/c1-8(2)13(14(24)23-15-21-7-9(3)25-15)22-12-5-4-10(6-11(12)17)16(18,19)20/h4-8,13,22H,1-3H3,(H,21,23,24)/t13-/m1/s1. The Kier molecular flexibility index (Phi) is 5.95. The molecule has 1 aromatic carbocycles. The van der Waals surface area contributed by atoms with Crippen LogP contribution in [0.1, 0.15) is 24.3 Å². The van der Waals surface area contributed by atoms with Gasteiger partial charge in [-0.2, -0.15) is 13.2 Å². The molecule has 1 heterocycles. The van der Waals surface area contributed by atoms with Gasteiger partial charge in [0.05, 0.1) is 16.3 Å². The minimum atomic E-state index is -4.47. The molecule has 0 radical (unpaired) electrons. The minimum absolute atomic E-state index is 0.0987. The fourth-order valence-corrected chi connectivity index (χ4v) is 3.01. The third kappa shape index (κ3) is 5.09. The second-order valence-electron chi connectivity index (χ2n) is 5.82. The Morgan fingerprint density at radius 3 is 2.48 bits per heavy atom. The lowest BCUT2D eigenvalue weighted by Gasteiger charge is -2.23. The van der Waals surface area contributed by atoms with Gasteiger partial charge < -0.3 is 10.6 Å². The molecule has 0 saturated heterocycles. The van der Waals surface area contributed by atoms with Gasteiger partial charge in [-0.25, -0.2) is 4.98 Å². The first-order chi connectivity index (χ1) is 11.6. The summed E-state index contributed by atoms with van der Waals surface area (Å²) < 4.78 is 38.1. The first-order valence-corrected chi connectivity index (χ1v) is 8.64. The van der Waals surface area contributed by atoms with Crippen LogP contribution in [0.25, 0.3) is 0 Å². The van der Waals surface area contributed by atoms with E-state index in [1.54, 1.807) is 6.20 Å². The number of amides is 1. The fraction of sp³-hybridized carbons (Fsp3) is 0.375. The van der Waals surface area contributed by atoms with E-state index in [2.05, 4.69) is 15.6 Å². The van der Waals surface area contributed by atoms with Crippen LogP contribution in [0.5, 0.6) is 0 Å². The number of carbonyl (C=O) groups excluding carboxylic acids is 1. The molecular formula is C16H17ClF3N3OS. The van der Waals surface area contributed by atoms with Crippen molar-refractivity contribution in [2.75, 3.05) is 10.6 Å². The van der Waals surface area contributed by atoms with Gasteiger partial charge in [0.1, 0.15) is 6.04 Å². The van der Waals surface area contributed by atoms with Gasteiger partial charge in [-0.1, -0.05) is 25.4 Å². The number of anilines is 2. The molecule has 0 saturated carbocycles. The maximum atomic E-state index is 12.7. The highest BCUT2D eigenvalue weighted by atomic mass is 35.5. The Morgan fingerprint density at radius 1 is 1.32 bits per heavy atom. The first kappa shape index (κ1) is 19.5. The van der Waals surface area contributed by atoms with Gasteiger partial charge in [-0.15, -0.1) is 11.3 Å². The predicted molar refractivity (Wildman–Crippen MR) is 94.2 cm³/mol. The van der Waals surface area contributed by atoms with Crippen molar-refractivity contribution in [3.8, 4) is 0 Å². The number of hydrogen-bond acceptors (Lipinski definition) is 4. The topological polar surface area (TPSA) is 54.0 Å². The number of carbonyl (C=O) groups is 1. The zero-order chi connectivity index (χ0) is 18.8. The molecule has 1 atom stereocenters. The van der Waals surface area contributed by atoms with Crippen molar-refractivity contribution in [3.63, 3.8) is 0 Å². The van der Waals surface area contributed by atoms with E-state index in [1.807, 2.05) is 20.8 Å². The molecule has 2 N–H and O–H groups in total. The molecule has 0 bridgehead atoms. The Balaban J connectivity index is 2.17. The summed E-state index contributed by atoms with van der Waals surface area (Å²) >= 11 is 7.29. The Bertz CT molecular complexity index is 761. The zero-order valence-electron chi connectivity index (χ0n) is 13.7. The van der Waals surface area contributed by atoms with Crippen molar-refractivity contribution in [2.24, 2.45) is 5.92 Å². The summed E-state index contributed by atoms with van der Waals surface area (Å²) in [4.78, 5) is 17.5. The SMILES string of the molecule is Cc1cnc(NC(=O)[C@H](Nc2ccc(C(F)(F)F)cc2Cl)C(C)C)s1. The second kappa shape index (κ2) is 7.61. The number of alkyl halides is 3. The number of nitrogens with one attached hydrogen (secondary N) is 2. The van der Waals surface area contributed by atoms with E-state index in [4.69, 9.17) is 11.6 Å². The van der Waals surface area contributed by atoms with Gasteiger partial charge >= 0.3 is 6.18 Å². The highest BCUT2D eigenvalue weighted by Crippen LogP contribution is 2.34. The van der Waals surface area contributed by atoms with Crippen LogP contribution in [0.3, 0.4) is 0 Å². The molecule has 4 nitrogen and oxygen atoms in total. The number of thiazole rings is 1. The van der Waals surface area contributed by atoms with Crippen molar-refractivity contribution < 1.29 is 18.0 Å². The Hall–Kier alpha value is -1.80. The molecular weight excluding hydrogens is 375 g/mol. The maximum absolute atomic E-state index is 12.7. The third-order valence-electron chi connectivity index (χ3n) is 3.41. The molecule has 0 aliphatic heterocycles. The van der Waals surface area contributed by atoms with Gasteiger partial charge in [-0.3, -0.25) is 4.79 Å². The molecule has 0 unspecified atom stereocenters. The van der Waals surface area contributed by atoms with E-state index in [9.17, 15) is 18.0 Å². The highest BCUT2D eigenvalue weighted by Gasteiger charge is 2.31. The van der Waals surface area contributed by atoms with Gasteiger partial charge in [0.2, 0.25) is 5.91 Å². The molecule has 9 heteroatoms. The van der Waals surface area contributed by atoms with E-state index in [1.165, 1.54) is 17.4 Å². The van der Waals surface area contributed by atoms with Crippen LogP contribution in [0.4, 0.5) is 24.0 Å². The van der Waals surface area contributed by atoms with Crippen LogP contribution in [-0.4, -0.2) is 16.9 Å². The molecule has 25 heavy (non-hydrogen) atoms. The normalized spacial score (nSPS) is 13.0. The lowest BCUT2D eigenvalue weighted by Crippen LogP contribution is -2.39. The monoisotopic (exact) mass is 391 g/mol. The third-order valence-corrected chi connectivity index (χ3v) is 4.55. The van der Waals surface area contributed by atoms with Gasteiger partial charge in [-0.05, 0) is 31.0 Å². The predicted octanol–water partition coefficient (Wildman–Crippen LogP) is 5.20. The molecule has 0 fully saturated rings. The van der Waals surface area contributed by atoms with Gasteiger partial charge in [0.25, 0.3) is 0 Å². The van der Waals surface area contributed by atoms with Crippen LogP contribution in [0.2, 0.25) is 5.02 Å². The van der Waals surface area contributed by atoms with E-state index in [-0.39, 0.29) is 22.5 Å². The molecule has 1 aromatic heterocycles. The molecule has 0 aliphatic carbocycles. The van der Waals surface area contributed by atoms with E-state index >= 15 is 0 Å². The molecule has 0 aliphatic rings. The van der Waals surface area contributed by atoms with Crippen molar-refractivity contribution >= 4 is 39.7 Å². The van der Waals surface area contributed by atoms with E-state index in [0.29, 0.717) is 5.13 Å². The Labute approximate surface area is 152 Å². The fourth-order valence-electron chi connectivity index (χ4n) is 2.11. The summed E-state index contributed by atoms with van der Waals surface area (Å²) in [5.74, 6) is -0.459. The summed E-state index contributed by atoms with van der Waals surface area (Å²) in [7, 11) is 0. The minimum Gasteiger partial charge on any atom is -0.372 e. The largest absolute Gasteiger partial charge is 0.416 e. The molecule has 0 spiro atoms. The number of halogens is 4. The van der Waals surface area contributed by atoms with Crippen LogP contribution < -0.4 is 10.6 Å². The quantitative estimate of drug-likeness (QED) is 0.736. The number of rotatable bonds is 5. The molecule has 1 amide bonds. The summed E-state index contributed by atoms with van der Waals surface area (Å²) in [6, 6.07) is 2.30. The maximum Gasteiger partial charge on any atom is 0.416 e. The number of aryl methyl sites for hydroxylation is 1. The highest BCUT2D eigenvalue weighted by molar-refractivity contribution is 7.15. The lowest BCUT2D eigenvalue weighted by atomic mass is 10.0. The van der Waals surface area contributed by atoms with Crippen molar-refractivity contribution in [1.29, 1.82) is 0 Å². The average molecular weight is 392 g/mol. The lowest BCUT2D eigenvalue weighted by molar-refractivity contribution is -0.137. The second-order valence-corrected chi connectivity index (χ2v) is 7.47. The number of hydrogen-bond donors (Lipinski definition) is 2. The molecule has 2 aromatic rings. The summed E-state index contributed by atoms with van der Waals surface area (Å²) in [5, 5.41) is 5.99. The van der Waals surface area contributed by atoms with E-state index < -0.39 is 17.8 Å². The van der Waals surface area contributed by atoms with Gasteiger partial charge in [0, 0.05) is 11.1 Å². The van der Waals surface area contributed by atoms with Crippen LogP contribution in [-0.2, 0) is 11.0 Å². The summed E-state index contributed by atoms with van der Waals surface area (Å²) in [5.41, 5.74) is -0.578. The number of benzene rings is 1. The summed E-state index contributed by atoms with van der Waals surface area (Å²) in [6.45, 7) is 5.51. The van der Waals surface area contributed by atoms with Crippen LogP contribution in [0.15, 0.2) is 24.4 Å². The zero-order valence-corrected chi connectivity index (χ0v) is 15.3. The Morgan fingerprint density at radius 2 is 2.00 bits per heavy atom.